The molecule has 3 amide bonds. The molecule has 9 nitrogen and oxygen atoms in total. The summed E-state index contributed by atoms with van der Waals surface area (Å²) >= 11 is 5.97. The summed E-state index contributed by atoms with van der Waals surface area (Å²) in [5.41, 5.74) is 0.546. The van der Waals surface area contributed by atoms with Gasteiger partial charge in [0.2, 0.25) is 0 Å². The lowest BCUT2D eigenvalue weighted by Crippen LogP contribution is -2.33. The molecule has 1 saturated heterocycles. The molecular weight excluding hydrogens is 430 g/mol. The molecule has 0 bridgehead atoms. The van der Waals surface area contributed by atoms with E-state index in [1.165, 1.54) is 36.4 Å². The molecule has 2 aromatic rings. The minimum atomic E-state index is -0.647. The molecule has 2 aliphatic heterocycles. The number of ether oxygens (including phenoxy) is 1. The monoisotopic (exact) mass is 441 g/mol. The molecule has 0 unspecified atom stereocenters. The quantitative estimate of drug-likeness (QED) is 0.247. The Bertz CT molecular complexity index is 1140. The maximum Gasteiger partial charge on any atom is 0.311 e. The first-order chi connectivity index (χ1) is 14.3. The first kappa shape index (κ1) is 19.7. The van der Waals surface area contributed by atoms with E-state index in [1.807, 2.05) is 0 Å². The number of carbonyl (C=O) groups is 3. The Kier molecular flexibility index (Phi) is 5.06. The van der Waals surface area contributed by atoms with E-state index in [-0.39, 0.29) is 28.5 Å². The van der Waals surface area contributed by atoms with Crippen LogP contribution < -0.4 is 10.1 Å². The summed E-state index contributed by atoms with van der Waals surface area (Å²) in [6, 6.07) is 10.4. The van der Waals surface area contributed by atoms with Crippen LogP contribution in [0.1, 0.15) is 26.3 Å². The van der Waals surface area contributed by atoms with Gasteiger partial charge in [-0.05, 0) is 29.8 Å². The van der Waals surface area contributed by atoms with Crippen molar-refractivity contribution in [3.05, 3.63) is 74.2 Å². The van der Waals surface area contributed by atoms with Crippen molar-refractivity contribution in [2.45, 2.75) is 0 Å². The van der Waals surface area contributed by atoms with Crippen LogP contribution in [-0.2, 0) is 4.79 Å². The average Bonchev–Trinajstić information content (AvgIpc) is 3.16. The molecule has 0 atom stereocenters. The summed E-state index contributed by atoms with van der Waals surface area (Å²) in [5.74, 6) is -1.55. The molecule has 11 heteroatoms. The maximum absolute atomic E-state index is 12.4. The third kappa shape index (κ3) is 3.55. The Morgan fingerprint density at radius 2 is 1.80 bits per heavy atom. The lowest BCUT2D eigenvalue weighted by Gasteiger charge is -2.15. The summed E-state index contributed by atoms with van der Waals surface area (Å²) in [6.07, 6.45) is 1.47. The largest absolute Gasteiger partial charge is 0.465 e. The van der Waals surface area contributed by atoms with Gasteiger partial charge in [0, 0.05) is 6.07 Å². The number of carbonyl (C=O) groups excluding carboxylic acids is 3. The number of nitro benzene ring substituents is 1. The molecule has 1 fully saturated rings. The Morgan fingerprint density at radius 1 is 1.13 bits per heavy atom. The number of imide groups is 1. The molecule has 2 heterocycles. The van der Waals surface area contributed by atoms with Gasteiger partial charge in [0.1, 0.15) is 4.32 Å². The number of hydrogen-bond donors (Lipinski definition) is 1. The third-order valence-electron chi connectivity index (χ3n) is 4.35. The molecule has 0 aliphatic carbocycles. The van der Waals surface area contributed by atoms with E-state index in [2.05, 4.69) is 5.32 Å². The average molecular weight is 441 g/mol. The van der Waals surface area contributed by atoms with E-state index in [0.29, 0.717) is 14.8 Å². The van der Waals surface area contributed by atoms with Crippen molar-refractivity contribution >= 4 is 57.8 Å². The summed E-state index contributed by atoms with van der Waals surface area (Å²) in [4.78, 5) is 48.6. The van der Waals surface area contributed by atoms with E-state index in [0.717, 1.165) is 16.7 Å². The number of benzene rings is 2. The molecule has 0 radical (unpaired) electrons. The van der Waals surface area contributed by atoms with E-state index >= 15 is 0 Å². The third-order valence-corrected chi connectivity index (χ3v) is 5.51. The number of thiocarbonyl (C=S) groups is 1. The van der Waals surface area contributed by atoms with Gasteiger partial charge in [-0.2, -0.15) is 0 Å². The van der Waals surface area contributed by atoms with Gasteiger partial charge in [0.05, 0.1) is 21.0 Å². The highest BCUT2D eigenvalue weighted by molar-refractivity contribution is 8.26. The van der Waals surface area contributed by atoms with Gasteiger partial charge in [-0.15, -0.1) is 0 Å². The fraction of sp³-hybridized carbons (Fsp3) is 0.0526. The first-order valence-corrected chi connectivity index (χ1v) is 9.69. The highest BCUT2D eigenvalue weighted by Gasteiger charge is 2.35. The molecule has 2 aromatic carbocycles. The molecular formula is C19H11N3O6S2. The molecule has 4 rings (SSSR count). The second-order valence-corrected chi connectivity index (χ2v) is 7.91. The van der Waals surface area contributed by atoms with Crippen molar-refractivity contribution in [2.75, 3.05) is 6.73 Å². The van der Waals surface area contributed by atoms with E-state index in [4.69, 9.17) is 17.0 Å². The zero-order valence-corrected chi connectivity index (χ0v) is 16.6. The summed E-state index contributed by atoms with van der Waals surface area (Å²) in [7, 11) is 0. The molecule has 0 spiro atoms. The number of rotatable bonds is 5. The van der Waals surface area contributed by atoms with Crippen LogP contribution in [0.4, 0.5) is 5.69 Å². The van der Waals surface area contributed by atoms with Crippen LogP contribution in [-0.4, -0.2) is 38.6 Å². The smallest absolute Gasteiger partial charge is 0.311 e. The van der Waals surface area contributed by atoms with Crippen LogP contribution in [0.3, 0.4) is 0 Å². The van der Waals surface area contributed by atoms with Crippen LogP contribution in [0.15, 0.2) is 47.4 Å². The minimum Gasteiger partial charge on any atom is -0.465 e. The zero-order valence-electron chi connectivity index (χ0n) is 15.0. The lowest BCUT2D eigenvalue weighted by molar-refractivity contribution is -0.386. The van der Waals surface area contributed by atoms with Crippen molar-refractivity contribution in [1.82, 2.24) is 10.2 Å². The number of nitrogens with one attached hydrogen (secondary N) is 1. The van der Waals surface area contributed by atoms with Gasteiger partial charge in [0.25, 0.3) is 17.7 Å². The van der Waals surface area contributed by atoms with E-state index in [9.17, 15) is 24.5 Å². The van der Waals surface area contributed by atoms with Crippen LogP contribution in [0.5, 0.6) is 5.75 Å². The minimum absolute atomic E-state index is 0.113. The highest BCUT2D eigenvalue weighted by Crippen LogP contribution is 2.32. The summed E-state index contributed by atoms with van der Waals surface area (Å²) in [5, 5.41) is 13.9. The second kappa shape index (κ2) is 7.69. The standard InChI is InChI=1S/C19H11N3O6S2/c23-16-15(30-19(29)20-16)8-10-5-6-14(13(7-10)22(26)27)28-9-21-17(24)11-3-1-2-4-12(11)18(21)25/h1-8H,9H2,(H,20,23,29)/b15-8-. The highest BCUT2D eigenvalue weighted by atomic mass is 32.2. The molecule has 150 valence electrons. The maximum atomic E-state index is 12.4. The number of thioether (sulfide) groups is 1. The van der Waals surface area contributed by atoms with Gasteiger partial charge in [-0.3, -0.25) is 24.5 Å². The fourth-order valence-corrected chi connectivity index (χ4v) is 4.00. The normalized spacial score (nSPS) is 16.8. The van der Waals surface area contributed by atoms with Gasteiger partial charge >= 0.3 is 5.69 Å². The Labute approximate surface area is 178 Å². The lowest BCUT2D eigenvalue weighted by atomic mass is 10.1. The van der Waals surface area contributed by atoms with Gasteiger partial charge < -0.3 is 10.1 Å². The van der Waals surface area contributed by atoms with E-state index in [1.54, 1.807) is 12.1 Å². The number of amides is 3. The predicted octanol–water partition coefficient (Wildman–Crippen LogP) is 2.72. The number of nitrogens with zero attached hydrogens (tertiary/aromatic N) is 2. The SMILES string of the molecule is O=C1NC(=S)S/C1=C\c1ccc(OCN2C(=O)c3ccccc3C2=O)c([N+](=O)[O-])c1. The summed E-state index contributed by atoms with van der Waals surface area (Å²) in [6.45, 7) is -0.472. The molecule has 30 heavy (non-hydrogen) atoms. The molecule has 0 aromatic heterocycles. The first-order valence-electron chi connectivity index (χ1n) is 8.46. The van der Waals surface area contributed by atoms with Crippen molar-refractivity contribution in [2.24, 2.45) is 0 Å². The number of hydrogen-bond acceptors (Lipinski definition) is 8. The van der Waals surface area contributed by atoms with Crippen LogP contribution in [0.25, 0.3) is 6.08 Å². The predicted molar refractivity (Wildman–Crippen MR) is 112 cm³/mol. The van der Waals surface area contributed by atoms with Crippen LogP contribution in [0, 0.1) is 10.1 Å². The Hall–Kier alpha value is -3.57. The molecule has 0 saturated carbocycles. The second-order valence-electron chi connectivity index (χ2n) is 6.19. The molecule has 2 aliphatic rings. The Balaban J connectivity index is 1.55. The topological polar surface area (TPSA) is 119 Å². The zero-order chi connectivity index (χ0) is 21.4. The van der Waals surface area contributed by atoms with Crippen molar-refractivity contribution in [3.63, 3.8) is 0 Å². The van der Waals surface area contributed by atoms with Gasteiger partial charge in [-0.1, -0.05) is 42.2 Å². The number of fused-ring (bicyclic) bond motifs is 1. The van der Waals surface area contributed by atoms with Crippen molar-refractivity contribution in [3.8, 4) is 5.75 Å². The molecule has 1 N–H and O–H groups in total. The van der Waals surface area contributed by atoms with Gasteiger partial charge in [-0.25, -0.2) is 4.90 Å². The summed E-state index contributed by atoms with van der Waals surface area (Å²) < 4.78 is 5.74. The van der Waals surface area contributed by atoms with Crippen molar-refractivity contribution in [1.29, 1.82) is 0 Å². The van der Waals surface area contributed by atoms with Crippen LogP contribution >= 0.6 is 24.0 Å². The van der Waals surface area contributed by atoms with Gasteiger partial charge in [0.15, 0.2) is 12.5 Å². The Morgan fingerprint density at radius 3 is 2.37 bits per heavy atom. The van der Waals surface area contributed by atoms with Crippen LogP contribution in [0.2, 0.25) is 0 Å². The number of nitro groups is 1. The van der Waals surface area contributed by atoms with E-state index < -0.39 is 23.5 Å². The van der Waals surface area contributed by atoms with Crippen molar-refractivity contribution < 1.29 is 24.0 Å². The fourth-order valence-electron chi connectivity index (χ4n) is 2.95.